The molecule has 0 radical (unpaired) electrons. The van der Waals surface area contributed by atoms with Gasteiger partial charge in [0.2, 0.25) is 5.91 Å². The van der Waals surface area contributed by atoms with Crippen LogP contribution in [0.1, 0.15) is 4.88 Å². The second-order valence-corrected chi connectivity index (χ2v) is 12.2. The lowest BCUT2D eigenvalue weighted by Gasteiger charge is -2.49. The average Bonchev–Trinajstić information content (AvgIpc) is 3.35. The molecule has 35 heavy (non-hydrogen) atoms. The molecule has 2 aliphatic rings. The van der Waals surface area contributed by atoms with Crippen LogP contribution in [-0.2, 0) is 20.8 Å². The molecule has 0 saturated carbocycles. The topological polar surface area (TPSA) is 104 Å². The van der Waals surface area contributed by atoms with Gasteiger partial charge in [0.15, 0.2) is 5.43 Å². The number of thioether (sulfide) groups is 2. The molecule has 5 rings (SSSR count). The van der Waals surface area contributed by atoms with Crippen LogP contribution in [-0.4, -0.2) is 45.0 Å². The molecule has 2 atom stereocenters. The number of carbonyl (C=O) groups excluding carboxylic acids is 2. The highest BCUT2D eigenvalue weighted by atomic mass is 32.2. The Bertz CT molecular complexity index is 1440. The summed E-state index contributed by atoms with van der Waals surface area (Å²) in [5.74, 6) is -1.49. The molecule has 2 unspecified atom stereocenters. The van der Waals surface area contributed by atoms with Gasteiger partial charge < -0.3 is 10.4 Å². The van der Waals surface area contributed by atoms with Crippen LogP contribution in [0.25, 0.3) is 10.1 Å². The first kappa shape index (κ1) is 23.9. The van der Waals surface area contributed by atoms with Gasteiger partial charge in [0.05, 0.1) is 10.6 Å². The fourth-order valence-corrected chi connectivity index (χ4v) is 7.89. The lowest BCUT2D eigenvalue weighted by molar-refractivity contribution is -0.150. The molecule has 7 nitrogen and oxygen atoms in total. The second kappa shape index (κ2) is 10.0. The van der Waals surface area contributed by atoms with Gasteiger partial charge in [-0.05, 0) is 40.6 Å². The van der Waals surface area contributed by atoms with Gasteiger partial charge in [-0.15, -0.1) is 34.4 Å². The molecule has 2 aliphatic heterocycles. The Morgan fingerprint density at radius 3 is 2.80 bits per heavy atom. The Labute approximate surface area is 216 Å². The number of carboxylic acids is 1. The minimum Gasteiger partial charge on any atom is -0.477 e. The van der Waals surface area contributed by atoms with Crippen LogP contribution in [0.15, 0.2) is 79.6 Å². The number of nitrogens with one attached hydrogen (secondary N) is 1. The van der Waals surface area contributed by atoms with Gasteiger partial charge in [-0.2, -0.15) is 0 Å². The van der Waals surface area contributed by atoms with Crippen molar-refractivity contribution in [1.29, 1.82) is 0 Å². The number of allylic oxidation sites excluding steroid dienone is 1. The number of amides is 2. The molecular formula is C24H18N2O5S4. The monoisotopic (exact) mass is 542 g/mol. The molecule has 2 amide bonds. The third-order valence-electron chi connectivity index (χ3n) is 5.50. The van der Waals surface area contributed by atoms with Crippen molar-refractivity contribution >= 4 is 74.1 Å². The van der Waals surface area contributed by atoms with E-state index in [0.29, 0.717) is 16.7 Å². The maximum absolute atomic E-state index is 12.8. The summed E-state index contributed by atoms with van der Waals surface area (Å²) in [5, 5.41) is 16.4. The van der Waals surface area contributed by atoms with Gasteiger partial charge in [-0.3, -0.25) is 19.3 Å². The first-order chi connectivity index (χ1) is 16.9. The molecule has 4 heterocycles. The summed E-state index contributed by atoms with van der Waals surface area (Å²) in [5.41, 5.74) is 0.386. The van der Waals surface area contributed by atoms with Crippen LogP contribution >= 0.6 is 46.2 Å². The van der Waals surface area contributed by atoms with Crippen molar-refractivity contribution in [3.8, 4) is 0 Å². The fraction of sp³-hybridized carbons (Fsp3) is 0.167. The van der Waals surface area contributed by atoms with Crippen molar-refractivity contribution in [3.05, 3.63) is 85.7 Å². The van der Waals surface area contributed by atoms with Crippen LogP contribution in [0, 0.1) is 0 Å². The average molecular weight is 543 g/mol. The van der Waals surface area contributed by atoms with Gasteiger partial charge in [-0.1, -0.05) is 30.0 Å². The normalized spacial score (nSPS) is 19.7. The zero-order valence-electron chi connectivity index (χ0n) is 18.0. The molecular weight excluding hydrogens is 525 g/mol. The van der Waals surface area contributed by atoms with E-state index in [4.69, 9.17) is 0 Å². The summed E-state index contributed by atoms with van der Waals surface area (Å²) in [6.07, 6.45) is 1.87. The van der Waals surface area contributed by atoms with E-state index in [0.717, 1.165) is 13.8 Å². The fourth-order valence-electron chi connectivity index (χ4n) is 3.89. The number of rotatable bonds is 7. The number of fused-ring (bicyclic) bond motifs is 2. The zero-order chi connectivity index (χ0) is 24.5. The molecule has 0 bridgehead atoms. The molecule has 0 spiro atoms. The highest BCUT2D eigenvalue weighted by Crippen LogP contribution is 2.41. The number of nitrogens with zero attached hydrogens (tertiary/aromatic N) is 1. The van der Waals surface area contributed by atoms with E-state index in [-0.39, 0.29) is 23.5 Å². The van der Waals surface area contributed by atoms with Crippen LogP contribution in [0.4, 0.5) is 0 Å². The van der Waals surface area contributed by atoms with E-state index in [2.05, 4.69) is 5.32 Å². The number of benzene rings is 1. The number of carboxylic acid groups (broad SMARTS) is 1. The summed E-state index contributed by atoms with van der Waals surface area (Å²) in [7, 11) is 0. The van der Waals surface area contributed by atoms with Crippen LogP contribution in [0.5, 0.6) is 0 Å². The Balaban J connectivity index is 1.30. The van der Waals surface area contributed by atoms with E-state index in [1.807, 2.05) is 35.7 Å². The number of aliphatic carboxylic acids is 1. The lowest BCUT2D eigenvalue weighted by Crippen LogP contribution is -2.70. The van der Waals surface area contributed by atoms with Crippen LogP contribution < -0.4 is 10.7 Å². The van der Waals surface area contributed by atoms with Crippen molar-refractivity contribution in [1.82, 2.24) is 10.2 Å². The van der Waals surface area contributed by atoms with Crippen LogP contribution in [0.3, 0.4) is 0 Å². The minimum absolute atomic E-state index is 0.0601. The first-order valence-electron chi connectivity index (χ1n) is 10.5. The number of hydrogen-bond donors (Lipinski definition) is 2. The van der Waals surface area contributed by atoms with Gasteiger partial charge in [0.1, 0.15) is 17.1 Å². The molecule has 3 aromatic rings. The van der Waals surface area contributed by atoms with Crippen molar-refractivity contribution in [2.75, 3.05) is 5.75 Å². The SMILES string of the molecule is O=C(Cc1cccs1)NC1C(=O)N2C(C(=O)O)=C(/C=C/Sc3cc(=O)c4ccccc4s3)CSC12. The van der Waals surface area contributed by atoms with Crippen molar-refractivity contribution < 1.29 is 19.5 Å². The summed E-state index contributed by atoms with van der Waals surface area (Å²) in [6.45, 7) is 0. The van der Waals surface area contributed by atoms with E-state index >= 15 is 0 Å². The smallest absolute Gasteiger partial charge is 0.352 e. The highest BCUT2D eigenvalue weighted by Gasteiger charge is 2.53. The molecule has 1 saturated heterocycles. The van der Waals surface area contributed by atoms with Gasteiger partial charge in [-0.25, -0.2) is 4.79 Å². The molecule has 0 aliphatic carbocycles. The van der Waals surface area contributed by atoms with Gasteiger partial charge in [0.25, 0.3) is 5.91 Å². The summed E-state index contributed by atoms with van der Waals surface area (Å²) in [6, 6.07) is 11.9. The Morgan fingerprint density at radius 2 is 2.03 bits per heavy atom. The molecule has 178 valence electrons. The third kappa shape index (κ3) is 4.81. The second-order valence-electron chi connectivity index (χ2n) is 7.74. The highest BCUT2D eigenvalue weighted by molar-refractivity contribution is 8.04. The third-order valence-corrected chi connectivity index (χ3v) is 9.73. The Kier molecular flexibility index (Phi) is 6.83. The number of hydrogen-bond acceptors (Lipinski definition) is 8. The molecule has 2 aromatic heterocycles. The molecule has 1 fully saturated rings. The van der Waals surface area contributed by atoms with Crippen molar-refractivity contribution in [3.63, 3.8) is 0 Å². The van der Waals surface area contributed by atoms with Gasteiger partial charge in [0, 0.05) is 26.8 Å². The quantitative estimate of drug-likeness (QED) is 0.345. The molecule has 1 aromatic carbocycles. The van der Waals surface area contributed by atoms with Gasteiger partial charge >= 0.3 is 5.97 Å². The molecule has 11 heteroatoms. The van der Waals surface area contributed by atoms with Crippen molar-refractivity contribution in [2.24, 2.45) is 0 Å². The van der Waals surface area contributed by atoms with E-state index in [9.17, 15) is 24.3 Å². The Morgan fingerprint density at radius 1 is 1.20 bits per heavy atom. The Hall–Kier alpha value is -2.86. The number of thiophene rings is 1. The lowest BCUT2D eigenvalue weighted by atomic mass is 10.0. The van der Waals surface area contributed by atoms with Crippen LogP contribution in [0.2, 0.25) is 0 Å². The van der Waals surface area contributed by atoms with E-state index in [1.54, 1.807) is 23.6 Å². The summed E-state index contributed by atoms with van der Waals surface area (Å²) in [4.78, 5) is 51.7. The largest absolute Gasteiger partial charge is 0.477 e. The van der Waals surface area contributed by atoms with Crippen molar-refractivity contribution in [2.45, 2.75) is 22.0 Å². The molecule has 2 N–H and O–H groups in total. The van der Waals surface area contributed by atoms with E-state index in [1.165, 1.54) is 51.1 Å². The zero-order valence-corrected chi connectivity index (χ0v) is 21.3. The first-order valence-corrected chi connectivity index (χ1v) is 14.1. The predicted molar refractivity (Wildman–Crippen MR) is 141 cm³/mol. The minimum atomic E-state index is -1.19. The van der Waals surface area contributed by atoms with E-state index < -0.39 is 23.3 Å². The maximum Gasteiger partial charge on any atom is 0.352 e. The predicted octanol–water partition coefficient (Wildman–Crippen LogP) is 3.91. The summed E-state index contributed by atoms with van der Waals surface area (Å²) < 4.78 is 1.67. The maximum atomic E-state index is 12.8. The standard InChI is InChI=1S/C24H18N2O5S4/c27-16-11-19(35-17-6-2-1-5-15(16)17)33-9-7-13-12-34-23-20(22(29)26(23)21(13)24(30)31)25-18(28)10-14-4-3-8-32-14/h1-9,11,20,23H,10,12H2,(H,25,28)(H,30,31)/b9-7+. The number of carbonyl (C=O) groups is 3. The number of β-lactam (4-membered cyclic amide) rings is 1. The summed E-state index contributed by atoms with van der Waals surface area (Å²) >= 11 is 5.70.